The minimum absolute atomic E-state index is 0.126. The molecule has 21 heavy (non-hydrogen) atoms. The van der Waals surface area contributed by atoms with Gasteiger partial charge in [0.15, 0.2) is 0 Å². The molecule has 2 N–H and O–H groups in total. The van der Waals surface area contributed by atoms with Crippen molar-refractivity contribution in [3.8, 4) is 0 Å². The standard InChI is InChI=1S/C13H22N4O3S/c1-16-9-11(8-14-16)13(10-6-12(18)7-10)15-21(19,20)17-4-2-3-5-17/h8-10,12-13,15,18H,2-7H2,1H3/t10?,12?,13-/m0/s1. The van der Waals surface area contributed by atoms with Crippen LogP contribution in [0.2, 0.25) is 0 Å². The molecule has 2 fully saturated rings. The number of aryl methyl sites for hydroxylation is 1. The van der Waals surface area contributed by atoms with Gasteiger partial charge in [-0.15, -0.1) is 0 Å². The van der Waals surface area contributed by atoms with E-state index in [-0.39, 0.29) is 18.1 Å². The third kappa shape index (κ3) is 3.13. The van der Waals surface area contributed by atoms with Crippen LogP contribution in [-0.4, -0.2) is 46.8 Å². The monoisotopic (exact) mass is 314 g/mol. The van der Waals surface area contributed by atoms with Gasteiger partial charge in [0, 0.05) is 31.9 Å². The summed E-state index contributed by atoms with van der Waals surface area (Å²) in [5.41, 5.74) is 0.858. The largest absolute Gasteiger partial charge is 0.393 e. The average Bonchev–Trinajstić information content (AvgIpc) is 3.03. The molecule has 0 aromatic carbocycles. The van der Waals surface area contributed by atoms with Crippen LogP contribution >= 0.6 is 0 Å². The predicted molar refractivity (Wildman–Crippen MR) is 77.5 cm³/mol. The molecule has 0 amide bonds. The smallest absolute Gasteiger partial charge is 0.280 e. The third-order valence-electron chi connectivity index (χ3n) is 4.39. The van der Waals surface area contributed by atoms with Crippen LogP contribution in [0.4, 0.5) is 0 Å². The summed E-state index contributed by atoms with van der Waals surface area (Å²) < 4.78 is 30.9. The van der Waals surface area contributed by atoms with Crippen LogP contribution in [0.1, 0.15) is 37.3 Å². The van der Waals surface area contributed by atoms with E-state index in [0.717, 1.165) is 18.4 Å². The minimum atomic E-state index is -3.47. The highest BCUT2D eigenvalue weighted by molar-refractivity contribution is 7.87. The van der Waals surface area contributed by atoms with E-state index in [1.807, 2.05) is 13.2 Å². The van der Waals surface area contributed by atoms with Crippen LogP contribution in [-0.2, 0) is 17.3 Å². The van der Waals surface area contributed by atoms with Crippen molar-refractivity contribution in [2.24, 2.45) is 13.0 Å². The Morgan fingerprint density at radius 3 is 2.57 bits per heavy atom. The number of aliphatic hydroxyl groups excluding tert-OH is 1. The van der Waals surface area contributed by atoms with Gasteiger partial charge >= 0.3 is 0 Å². The van der Waals surface area contributed by atoms with Gasteiger partial charge in [-0.1, -0.05) is 0 Å². The number of nitrogens with zero attached hydrogens (tertiary/aromatic N) is 3. The van der Waals surface area contributed by atoms with Crippen LogP contribution in [0.5, 0.6) is 0 Å². The second kappa shape index (κ2) is 5.68. The highest BCUT2D eigenvalue weighted by atomic mass is 32.2. The van der Waals surface area contributed by atoms with E-state index >= 15 is 0 Å². The number of hydrogen-bond donors (Lipinski definition) is 2. The van der Waals surface area contributed by atoms with Gasteiger partial charge in [-0.25, -0.2) is 0 Å². The summed E-state index contributed by atoms with van der Waals surface area (Å²) in [6, 6.07) is -0.312. The van der Waals surface area contributed by atoms with Crippen molar-refractivity contribution in [3.05, 3.63) is 18.0 Å². The summed E-state index contributed by atoms with van der Waals surface area (Å²) in [6.45, 7) is 1.17. The molecular formula is C13H22N4O3S. The molecule has 118 valence electrons. The second-order valence-corrected chi connectivity index (χ2v) is 7.74. The topological polar surface area (TPSA) is 87.5 Å². The molecule has 0 unspecified atom stereocenters. The summed E-state index contributed by atoms with van der Waals surface area (Å²) in [6.07, 6.45) is 6.31. The van der Waals surface area contributed by atoms with E-state index in [4.69, 9.17) is 0 Å². The maximum absolute atomic E-state index is 12.5. The lowest BCUT2D eigenvalue weighted by atomic mass is 9.76. The van der Waals surface area contributed by atoms with Gasteiger partial charge in [-0.2, -0.15) is 22.5 Å². The van der Waals surface area contributed by atoms with E-state index in [2.05, 4.69) is 9.82 Å². The molecule has 1 aliphatic heterocycles. The molecule has 0 bridgehead atoms. The zero-order valence-corrected chi connectivity index (χ0v) is 13.0. The number of aromatic nitrogens is 2. The zero-order chi connectivity index (χ0) is 15.0. The molecule has 1 aromatic heterocycles. The van der Waals surface area contributed by atoms with Crippen molar-refractivity contribution in [2.75, 3.05) is 13.1 Å². The van der Waals surface area contributed by atoms with Crippen molar-refractivity contribution < 1.29 is 13.5 Å². The molecule has 0 radical (unpaired) electrons. The molecule has 8 heteroatoms. The summed E-state index contributed by atoms with van der Waals surface area (Å²) >= 11 is 0. The maximum atomic E-state index is 12.5. The first-order valence-electron chi connectivity index (χ1n) is 7.40. The second-order valence-electron chi connectivity index (χ2n) is 6.04. The van der Waals surface area contributed by atoms with Gasteiger partial charge in [0.05, 0.1) is 18.3 Å². The molecule has 2 aliphatic rings. The van der Waals surface area contributed by atoms with E-state index in [0.29, 0.717) is 25.9 Å². The first kappa shape index (κ1) is 15.0. The fraction of sp³-hybridized carbons (Fsp3) is 0.769. The van der Waals surface area contributed by atoms with Crippen molar-refractivity contribution in [3.63, 3.8) is 0 Å². The van der Waals surface area contributed by atoms with Gasteiger partial charge in [0.1, 0.15) is 0 Å². The Hall–Kier alpha value is -0.960. The first-order valence-corrected chi connectivity index (χ1v) is 8.84. The van der Waals surface area contributed by atoms with Gasteiger partial charge in [0.2, 0.25) is 0 Å². The minimum Gasteiger partial charge on any atom is -0.393 e. The average molecular weight is 314 g/mol. The Kier molecular flexibility index (Phi) is 4.04. The van der Waals surface area contributed by atoms with Crippen molar-refractivity contribution in [1.29, 1.82) is 0 Å². The molecule has 0 spiro atoms. The predicted octanol–water partition coefficient (Wildman–Crippen LogP) is 0.162. The highest BCUT2D eigenvalue weighted by Gasteiger charge is 2.39. The van der Waals surface area contributed by atoms with E-state index < -0.39 is 10.2 Å². The summed E-state index contributed by atoms with van der Waals surface area (Å²) in [5.74, 6) is 0.126. The summed E-state index contributed by atoms with van der Waals surface area (Å²) in [5, 5.41) is 13.7. The van der Waals surface area contributed by atoms with Crippen LogP contribution in [0, 0.1) is 5.92 Å². The summed E-state index contributed by atoms with van der Waals surface area (Å²) in [4.78, 5) is 0. The maximum Gasteiger partial charge on any atom is 0.280 e. The van der Waals surface area contributed by atoms with E-state index in [9.17, 15) is 13.5 Å². The van der Waals surface area contributed by atoms with Crippen LogP contribution in [0.3, 0.4) is 0 Å². The number of hydrogen-bond acceptors (Lipinski definition) is 4. The molecule has 7 nitrogen and oxygen atoms in total. The van der Waals surface area contributed by atoms with Crippen LogP contribution in [0.15, 0.2) is 12.4 Å². The number of rotatable bonds is 5. The Morgan fingerprint density at radius 1 is 1.38 bits per heavy atom. The van der Waals surface area contributed by atoms with E-state index in [1.54, 1.807) is 10.9 Å². The Bertz CT molecular complexity index is 588. The molecule has 2 heterocycles. The van der Waals surface area contributed by atoms with Crippen LogP contribution in [0.25, 0.3) is 0 Å². The van der Waals surface area contributed by atoms with Gasteiger partial charge in [-0.05, 0) is 31.6 Å². The van der Waals surface area contributed by atoms with Crippen molar-refractivity contribution >= 4 is 10.2 Å². The normalized spacial score (nSPS) is 28.5. The fourth-order valence-corrected chi connectivity index (χ4v) is 4.64. The highest BCUT2D eigenvalue weighted by Crippen LogP contribution is 2.38. The molecular weight excluding hydrogens is 292 g/mol. The van der Waals surface area contributed by atoms with Crippen LogP contribution < -0.4 is 4.72 Å². The Labute approximate surface area is 125 Å². The molecule has 1 saturated heterocycles. The van der Waals surface area contributed by atoms with Crippen molar-refractivity contribution in [1.82, 2.24) is 18.8 Å². The van der Waals surface area contributed by atoms with Gasteiger partial charge < -0.3 is 5.11 Å². The van der Waals surface area contributed by atoms with E-state index in [1.165, 1.54) is 4.31 Å². The molecule has 1 saturated carbocycles. The quantitative estimate of drug-likeness (QED) is 0.810. The lowest BCUT2D eigenvalue weighted by Crippen LogP contribution is -2.46. The lowest BCUT2D eigenvalue weighted by molar-refractivity contribution is 0.0277. The van der Waals surface area contributed by atoms with Gasteiger partial charge in [-0.3, -0.25) is 4.68 Å². The lowest BCUT2D eigenvalue weighted by Gasteiger charge is -2.38. The fourth-order valence-electron chi connectivity index (χ4n) is 3.10. The zero-order valence-electron chi connectivity index (χ0n) is 12.1. The summed E-state index contributed by atoms with van der Waals surface area (Å²) in [7, 11) is -1.66. The molecule has 3 rings (SSSR count). The van der Waals surface area contributed by atoms with Crippen molar-refractivity contribution in [2.45, 2.75) is 37.8 Å². The Balaban J connectivity index is 1.79. The molecule has 1 aromatic rings. The number of aliphatic hydroxyl groups is 1. The number of nitrogens with one attached hydrogen (secondary N) is 1. The molecule has 1 aliphatic carbocycles. The third-order valence-corrected chi connectivity index (χ3v) is 5.98. The Morgan fingerprint density at radius 2 is 2.05 bits per heavy atom. The SMILES string of the molecule is Cn1cc([C@@H](NS(=O)(=O)N2CCCC2)C2CC(O)C2)cn1. The molecule has 1 atom stereocenters. The first-order chi connectivity index (χ1) is 9.95. The van der Waals surface area contributed by atoms with Gasteiger partial charge in [0.25, 0.3) is 10.2 Å².